The number of hydrogen-bond acceptors (Lipinski definition) is 4. The summed E-state index contributed by atoms with van der Waals surface area (Å²) in [6.07, 6.45) is 0. The molecule has 0 fully saturated rings. The van der Waals surface area contributed by atoms with Gasteiger partial charge < -0.3 is 9.87 Å². The van der Waals surface area contributed by atoms with Gasteiger partial charge in [-0.1, -0.05) is 18.2 Å². The van der Waals surface area contributed by atoms with Gasteiger partial charge in [-0.15, -0.1) is 0 Å². The van der Waals surface area contributed by atoms with E-state index in [1.807, 2.05) is 35.1 Å². The maximum atomic E-state index is 10.5. The van der Waals surface area contributed by atoms with Gasteiger partial charge in [0.2, 0.25) is 0 Å². The summed E-state index contributed by atoms with van der Waals surface area (Å²) in [5.41, 5.74) is 1.97. The Labute approximate surface area is 134 Å². The van der Waals surface area contributed by atoms with Crippen molar-refractivity contribution in [2.24, 2.45) is 0 Å². The third-order valence-corrected chi connectivity index (χ3v) is 2.68. The van der Waals surface area contributed by atoms with Gasteiger partial charge in [0.05, 0.1) is 0 Å². The Morgan fingerprint density at radius 3 is 1.79 bits per heavy atom. The first-order valence-corrected chi connectivity index (χ1v) is 6.59. The van der Waals surface area contributed by atoms with E-state index in [1.165, 1.54) is 12.1 Å². The molecule has 0 aliphatic rings. The number of nitrogens with one attached hydrogen (secondary N) is 2. The van der Waals surface area contributed by atoms with Crippen molar-refractivity contribution in [1.82, 2.24) is 0 Å². The number of hydrogen-bond donors (Lipinski definition) is 2. The molecule has 7 heteroatoms. The number of rotatable bonds is 4. The first-order chi connectivity index (χ1) is 8.53. The van der Waals surface area contributed by atoms with Crippen LogP contribution in [-0.4, -0.2) is 13.0 Å². The van der Waals surface area contributed by atoms with Gasteiger partial charge in [0.25, 0.3) is 0 Å². The molecule has 0 bridgehead atoms. The van der Waals surface area contributed by atoms with Gasteiger partial charge >= 0.3 is 29.6 Å². The zero-order valence-corrected chi connectivity index (χ0v) is 13.1. The molecule has 0 atom stereocenters. The fourth-order valence-electron chi connectivity index (χ4n) is 1.45. The largest absolute Gasteiger partial charge is 1.00 e. The molecule has 2 N–H and O–H groups in total. The Morgan fingerprint density at radius 1 is 0.789 bits per heavy atom. The van der Waals surface area contributed by atoms with Crippen LogP contribution in [0.4, 0.5) is 17.1 Å². The smallest absolute Gasteiger partial charge is 0.731 e. The van der Waals surface area contributed by atoms with Gasteiger partial charge in [0.1, 0.15) is 0 Å². The predicted octanol–water partition coefficient (Wildman–Crippen LogP) is -0.694. The molecular formula is C12H11N2NaO3S. The van der Waals surface area contributed by atoms with Crippen molar-refractivity contribution in [3.05, 3.63) is 54.6 Å². The molecule has 0 heterocycles. The molecule has 0 saturated carbocycles. The Hall–Kier alpha value is -1.05. The molecule has 0 radical (unpaired) electrons. The van der Waals surface area contributed by atoms with Gasteiger partial charge in [-0.2, -0.15) is 0 Å². The first kappa shape index (κ1) is 16.0. The number of anilines is 3. The molecule has 0 spiro atoms. The van der Waals surface area contributed by atoms with Crippen LogP contribution in [0, 0.1) is 0 Å². The van der Waals surface area contributed by atoms with Gasteiger partial charge in [0.15, 0.2) is 10.3 Å². The SMILES string of the molecule is O=S(=O)([O-])Nc1ccc(Nc2ccccc2)cc1.[Na+]. The Balaban J connectivity index is 0.00000180. The summed E-state index contributed by atoms with van der Waals surface area (Å²) in [7, 11) is -4.47. The van der Waals surface area contributed by atoms with E-state index in [2.05, 4.69) is 5.32 Å². The normalized spacial score (nSPS) is 10.4. The van der Waals surface area contributed by atoms with Crippen LogP contribution in [0.3, 0.4) is 0 Å². The quantitative estimate of drug-likeness (QED) is 0.575. The zero-order chi connectivity index (χ0) is 13.0. The molecule has 19 heavy (non-hydrogen) atoms. The molecule has 0 aliphatic heterocycles. The average Bonchev–Trinajstić information content (AvgIpc) is 2.31. The minimum atomic E-state index is -4.47. The zero-order valence-electron chi connectivity index (χ0n) is 10.3. The molecule has 94 valence electrons. The van der Waals surface area contributed by atoms with Crippen molar-refractivity contribution in [1.29, 1.82) is 0 Å². The Morgan fingerprint density at radius 2 is 1.26 bits per heavy atom. The fourth-order valence-corrected chi connectivity index (χ4v) is 1.88. The van der Waals surface area contributed by atoms with E-state index < -0.39 is 10.3 Å². The van der Waals surface area contributed by atoms with E-state index >= 15 is 0 Å². The molecule has 2 aromatic carbocycles. The monoisotopic (exact) mass is 286 g/mol. The summed E-state index contributed by atoms with van der Waals surface area (Å²) < 4.78 is 33.3. The molecule has 2 aromatic rings. The van der Waals surface area contributed by atoms with E-state index in [9.17, 15) is 13.0 Å². The number of benzene rings is 2. The second kappa shape index (κ2) is 6.93. The van der Waals surface area contributed by atoms with Crippen LogP contribution < -0.4 is 39.6 Å². The maximum absolute atomic E-state index is 10.5. The summed E-state index contributed by atoms with van der Waals surface area (Å²) in [5, 5.41) is 3.14. The standard InChI is InChI=1S/C12H12N2O3S.Na/c15-18(16,17)14-12-8-6-11(7-9-12)13-10-4-2-1-3-5-10;/h1-9,13-14H,(H,15,16,17);/q;+1/p-1. The minimum absolute atomic E-state index is 0. The summed E-state index contributed by atoms with van der Waals surface area (Å²) in [6.45, 7) is 0. The van der Waals surface area contributed by atoms with Crippen LogP contribution in [0.15, 0.2) is 54.6 Å². The van der Waals surface area contributed by atoms with Crippen LogP contribution >= 0.6 is 0 Å². The minimum Gasteiger partial charge on any atom is -0.731 e. The molecule has 0 aliphatic carbocycles. The first-order valence-electron chi connectivity index (χ1n) is 5.19. The van der Waals surface area contributed by atoms with Gasteiger partial charge in [0, 0.05) is 17.1 Å². The summed E-state index contributed by atoms with van der Waals surface area (Å²) >= 11 is 0. The van der Waals surface area contributed by atoms with E-state index in [4.69, 9.17) is 0 Å². The van der Waals surface area contributed by atoms with Crippen molar-refractivity contribution in [3.8, 4) is 0 Å². The fraction of sp³-hybridized carbons (Fsp3) is 0. The van der Waals surface area contributed by atoms with E-state index in [0.717, 1.165) is 11.4 Å². The average molecular weight is 286 g/mol. The third kappa shape index (κ3) is 5.63. The van der Waals surface area contributed by atoms with E-state index in [1.54, 1.807) is 12.1 Å². The van der Waals surface area contributed by atoms with Gasteiger partial charge in [-0.3, -0.25) is 4.72 Å². The van der Waals surface area contributed by atoms with Crippen LogP contribution in [0.2, 0.25) is 0 Å². The topological polar surface area (TPSA) is 81.3 Å². The van der Waals surface area contributed by atoms with Gasteiger partial charge in [-0.05, 0) is 36.4 Å². The molecule has 0 amide bonds. The predicted molar refractivity (Wildman–Crippen MR) is 69.5 cm³/mol. The van der Waals surface area contributed by atoms with Gasteiger partial charge in [-0.25, -0.2) is 8.42 Å². The van der Waals surface area contributed by atoms with Crippen LogP contribution in [0.5, 0.6) is 0 Å². The summed E-state index contributed by atoms with van der Waals surface area (Å²) in [4.78, 5) is 0. The summed E-state index contributed by atoms with van der Waals surface area (Å²) in [6, 6.07) is 15.9. The van der Waals surface area contributed by atoms with Crippen molar-refractivity contribution >= 4 is 27.4 Å². The second-order valence-electron chi connectivity index (χ2n) is 3.62. The van der Waals surface area contributed by atoms with Crippen molar-refractivity contribution in [2.45, 2.75) is 0 Å². The third-order valence-electron chi connectivity index (χ3n) is 2.19. The molecule has 0 aromatic heterocycles. The second-order valence-corrected chi connectivity index (χ2v) is 4.74. The Bertz CT molecular complexity index is 615. The molecule has 0 saturated heterocycles. The Kier molecular flexibility index (Phi) is 5.84. The van der Waals surface area contributed by atoms with E-state index in [0.29, 0.717) is 0 Å². The van der Waals surface area contributed by atoms with E-state index in [-0.39, 0.29) is 35.2 Å². The molecule has 5 nitrogen and oxygen atoms in total. The molecule has 0 unspecified atom stereocenters. The number of para-hydroxylation sites is 1. The molecule has 2 rings (SSSR count). The molecular weight excluding hydrogens is 275 g/mol. The van der Waals surface area contributed by atoms with Crippen molar-refractivity contribution < 1.29 is 42.5 Å². The van der Waals surface area contributed by atoms with Crippen molar-refractivity contribution in [3.63, 3.8) is 0 Å². The van der Waals surface area contributed by atoms with Crippen LogP contribution in [0.25, 0.3) is 0 Å². The van der Waals surface area contributed by atoms with Crippen LogP contribution in [0.1, 0.15) is 0 Å². The van der Waals surface area contributed by atoms with Crippen molar-refractivity contribution in [2.75, 3.05) is 10.0 Å². The maximum Gasteiger partial charge on any atom is 1.00 e. The van der Waals surface area contributed by atoms with Crippen LogP contribution in [-0.2, 0) is 10.3 Å². The summed E-state index contributed by atoms with van der Waals surface area (Å²) in [5.74, 6) is 0.